The molecular weight excluding hydrogens is 198 g/mol. The molecule has 1 N–H and O–H groups in total. The first-order valence-corrected chi connectivity index (χ1v) is 6.54. The lowest BCUT2D eigenvalue weighted by Crippen LogP contribution is -2.37. The maximum atomic E-state index is 5.36. The molecule has 0 amide bonds. The third-order valence-electron chi connectivity index (χ3n) is 3.01. The van der Waals surface area contributed by atoms with Gasteiger partial charge in [0.25, 0.3) is 0 Å². The van der Waals surface area contributed by atoms with Gasteiger partial charge in [0.2, 0.25) is 0 Å². The largest absolute Gasteiger partial charge is 0.469 e. The minimum Gasteiger partial charge on any atom is -0.469 e. The molecule has 16 heavy (non-hydrogen) atoms. The lowest BCUT2D eigenvalue weighted by Gasteiger charge is -2.21. The Morgan fingerprint density at radius 1 is 1.38 bits per heavy atom. The third-order valence-corrected chi connectivity index (χ3v) is 3.01. The van der Waals surface area contributed by atoms with E-state index in [1.54, 1.807) is 6.26 Å². The van der Waals surface area contributed by atoms with Crippen molar-refractivity contribution in [2.45, 2.75) is 65.0 Å². The fourth-order valence-corrected chi connectivity index (χ4v) is 2.05. The summed E-state index contributed by atoms with van der Waals surface area (Å²) in [4.78, 5) is 0. The van der Waals surface area contributed by atoms with Crippen molar-refractivity contribution in [3.63, 3.8) is 0 Å². The summed E-state index contributed by atoms with van der Waals surface area (Å²) in [6.07, 6.45) is 7.83. The summed E-state index contributed by atoms with van der Waals surface area (Å²) in [5, 5.41) is 3.68. The molecule has 0 saturated carbocycles. The molecule has 2 nitrogen and oxygen atoms in total. The topological polar surface area (TPSA) is 25.2 Å². The van der Waals surface area contributed by atoms with Crippen molar-refractivity contribution in [1.29, 1.82) is 0 Å². The van der Waals surface area contributed by atoms with Crippen molar-refractivity contribution in [3.8, 4) is 0 Å². The minimum absolute atomic E-state index is 0.493. The highest BCUT2D eigenvalue weighted by Gasteiger charge is 2.11. The van der Waals surface area contributed by atoms with Gasteiger partial charge in [-0.25, -0.2) is 0 Å². The number of hydrogen-bond acceptors (Lipinski definition) is 2. The highest BCUT2D eigenvalue weighted by atomic mass is 16.3. The lowest BCUT2D eigenvalue weighted by molar-refractivity contribution is 0.383. The van der Waals surface area contributed by atoms with Crippen LogP contribution in [0.15, 0.2) is 22.8 Å². The zero-order chi connectivity index (χ0) is 11.8. The summed E-state index contributed by atoms with van der Waals surface area (Å²) < 4.78 is 5.36. The van der Waals surface area contributed by atoms with Crippen molar-refractivity contribution < 1.29 is 4.42 Å². The van der Waals surface area contributed by atoms with Gasteiger partial charge in [-0.2, -0.15) is 0 Å². The van der Waals surface area contributed by atoms with Crippen LogP contribution < -0.4 is 5.32 Å². The molecule has 2 unspecified atom stereocenters. The van der Waals surface area contributed by atoms with Crippen LogP contribution in [0, 0.1) is 0 Å². The van der Waals surface area contributed by atoms with Crippen LogP contribution in [0.2, 0.25) is 0 Å². The maximum absolute atomic E-state index is 5.36. The zero-order valence-electron chi connectivity index (χ0n) is 10.8. The summed E-state index contributed by atoms with van der Waals surface area (Å²) in [5.41, 5.74) is 0. The molecule has 1 rings (SSSR count). The molecular formula is C14H25NO. The van der Waals surface area contributed by atoms with Gasteiger partial charge in [0.15, 0.2) is 0 Å². The SMILES string of the molecule is CCCCC(CC)NC(C)Cc1ccco1. The van der Waals surface area contributed by atoms with Crippen LogP contribution in [-0.2, 0) is 6.42 Å². The highest BCUT2D eigenvalue weighted by molar-refractivity contribution is 5.00. The van der Waals surface area contributed by atoms with E-state index in [0.29, 0.717) is 12.1 Å². The number of rotatable bonds is 8. The Labute approximate surface area is 99.4 Å². The quantitative estimate of drug-likeness (QED) is 0.725. The molecule has 1 aromatic heterocycles. The molecule has 0 fully saturated rings. The summed E-state index contributed by atoms with van der Waals surface area (Å²) in [5.74, 6) is 1.07. The minimum atomic E-state index is 0.493. The molecule has 0 aliphatic carbocycles. The van der Waals surface area contributed by atoms with Crippen molar-refractivity contribution in [2.24, 2.45) is 0 Å². The van der Waals surface area contributed by atoms with Gasteiger partial charge in [0, 0.05) is 18.5 Å². The normalized spacial score (nSPS) is 14.9. The van der Waals surface area contributed by atoms with Gasteiger partial charge >= 0.3 is 0 Å². The van der Waals surface area contributed by atoms with Crippen LogP contribution in [0.4, 0.5) is 0 Å². The second kappa shape index (κ2) is 7.50. The molecule has 0 bridgehead atoms. The molecule has 0 saturated heterocycles. The van der Waals surface area contributed by atoms with E-state index < -0.39 is 0 Å². The second-order valence-corrected chi connectivity index (χ2v) is 4.60. The third kappa shape index (κ3) is 4.84. The van der Waals surface area contributed by atoms with Crippen LogP contribution in [0.25, 0.3) is 0 Å². The van der Waals surface area contributed by atoms with E-state index in [2.05, 4.69) is 26.1 Å². The average molecular weight is 223 g/mol. The Kier molecular flexibility index (Phi) is 6.24. The van der Waals surface area contributed by atoms with Crippen LogP contribution in [0.1, 0.15) is 52.2 Å². The standard InChI is InChI=1S/C14H25NO/c1-4-6-8-13(5-2)15-12(3)11-14-9-7-10-16-14/h7,9-10,12-13,15H,4-6,8,11H2,1-3H3. The molecule has 92 valence electrons. The molecule has 1 heterocycles. The fourth-order valence-electron chi connectivity index (χ4n) is 2.05. The maximum Gasteiger partial charge on any atom is 0.105 e. The predicted octanol–water partition coefficient (Wildman–Crippen LogP) is 3.77. The van der Waals surface area contributed by atoms with Gasteiger partial charge in [-0.15, -0.1) is 0 Å². The van der Waals surface area contributed by atoms with Gasteiger partial charge in [-0.1, -0.05) is 26.7 Å². The van der Waals surface area contributed by atoms with Crippen molar-refractivity contribution in [3.05, 3.63) is 24.2 Å². The summed E-state index contributed by atoms with van der Waals surface area (Å²) >= 11 is 0. The molecule has 0 aromatic carbocycles. The molecule has 2 heteroatoms. The number of unbranched alkanes of at least 4 members (excludes halogenated alkanes) is 1. The molecule has 0 radical (unpaired) electrons. The monoisotopic (exact) mass is 223 g/mol. The number of hydrogen-bond donors (Lipinski definition) is 1. The van der Waals surface area contributed by atoms with Crippen LogP contribution in [0.3, 0.4) is 0 Å². The van der Waals surface area contributed by atoms with Crippen molar-refractivity contribution >= 4 is 0 Å². The predicted molar refractivity (Wildman–Crippen MR) is 68.6 cm³/mol. The van der Waals surface area contributed by atoms with Crippen LogP contribution in [-0.4, -0.2) is 12.1 Å². The molecule has 0 spiro atoms. The van der Waals surface area contributed by atoms with E-state index in [4.69, 9.17) is 4.42 Å². The lowest BCUT2D eigenvalue weighted by atomic mass is 10.1. The smallest absolute Gasteiger partial charge is 0.105 e. The Hall–Kier alpha value is -0.760. The Morgan fingerprint density at radius 3 is 2.75 bits per heavy atom. The van der Waals surface area contributed by atoms with E-state index in [0.717, 1.165) is 12.2 Å². The van der Waals surface area contributed by atoms with Crippen molar-refractivity contribution in [1.82, 2.24) is 5.32 Å². The van der Waals surface area contributed by atoms with Crippen LogP contribution in [0.5, 0.6) is 0 Å². The van der Waals surface area contributed by atoms with Gasteiger partial charge < -0.3 is 9.73 Å². The van der Waals surface area contributed by atoms with Gasteiger partial charge in [-0.3, -0.25) is 0 Å². The first-order chi connectivity index (χ1) is 7.76. The van der Waals surface area contributed by atoms with Gasteiger partial charge in [0.05, 0.1) is 6.26 Å². The Balaban J connectivity index is 2.28. The van der Waals surface area contributed by atoms with Gasteiger partial charge in [-0.05, 0) is 31.9 Å². The molecule has 2 atom stereocenters. The summed E-state index contributed by atoms with van der Waals surface area (Å²) in [7, 11) is 0. The Bertz CT molecular complexity index is 256. The van der Waals surface area contributed by atoms with E-state index in [1.165, 1.54) is 25.7 Å². The fraction of sp³-hybridized carbons (Fsp3) is 0.714. The highest BCUT2D eigenvalue weighted by Crippen LogP contribution is 2.08. The summed E-state index contributed by atoms with van der Waals surface area (Å²) in [6, 6.07) is 5.15. The average Bonchev–Trinajstić information content (AvgIpc) is 2.76. The molecule has 1 aromatic rings. The summed E-state index contributed by atoms with van der Waals surface area (Å²) in [6.45, 7) is 6.74. The second-order valence-electron chi connectivity index (χ2n) is 4.60. The molecule has 0 aliphatic rings. The zero-order valence-corrected chi connectivity index (χ0v) is 10.8. The van der Waals surface area contributed by atoms with Crippen molar-refractivity contribution in [2.75, 3.05) is 0 Å². The van der Waals surface area contributed by atoms with Crippen LogP contribution >= 0.6 is 0 Å². The first kappa shape index (κ1) is 13.3. The number of nitrogens with one attached hydrogen (secondary N) is 1. The van der Waals surface area contributed by atoms with Gasteiger partial charge in [0.1, 0.15) is 5.76 Å². The van der Waals surface area contributed by atoms with E-state index in [-0.39, 0.29) is 0 Å². The molecule has 0 aliphatic heterocycles. The van der Waals surface area contributed by atoms with E-state index in [9.17, 15) is 0 Å². The van der Waals surface area contributed by atoms with E-state index >= 15 is 0 Å². The Morgan fingerprint density at radius 2 is 2.19 bits per heavy atom. The first-order valence-electron chi connectivity index (χ1n) is 6.54. The number of furan rings is 1. The van der Waals surface area contributed by atoms with E-state index in [1.807, 2.05) is 12.1 Å².